The van der Waals surface area contributed by atoms with Gasteiger partial charge in [0, 0.05) is 6.61 Å². The minimum absolute atomic E-state index is 0.0887. The molecule has 0 spiro atoms. The van der Waals surface area contributed by atoms with Gasteiger partial charge in [-0.2, -0.15) is 5.10 Å². The molecule has 0 aromatic carbocycles. The highest BCUT2D eigenvalue weighted by Crippen LogP contribution is 2.26. The Morgan fingerprint density at radius 2 is 2.12 bits per heavy atom. The van der Waals surface area contributed by atoms with Crippen LogP contribution in [0.25, 0.3) is 0 Å². The Morgan fingerprint density at radius 3 is 2.53 bits per heavy atom. The smallest absolute Gasteiger partial charge is 0.312 e. The van der Waals surface area contributed by atoms with Gasteiger partial charge in [0.05, 0.1) is 4.92 Å². The van der Waals surface area contributed by atoms with E-state index in [4.69, 9.17) is 4.74 Å². The second-order valence-electron chi connectivity index (χ2n) is 3.92. The fourth-order valence-corrected chi connectivity index (χ4v) is 1.91. The predicted octanol–water partition coefficient (Wildman–Crippen LogP) is 2.74. The van der Waals surface area contributed by atoms with E-state index in [-0.39, 0.29) is 16.8 Å². The van der Waals surface area contributed by atoms with Gasteiger partial charge in [0.2, 0.25) is 0 Å². The van der Waals surface area contributed by atoms with Gasteiger partial charge in [0.15, 0.2) is 6.23 Å². The Balaban J connectivity index is 3.11. The highest BCUT2D eigenvalue weighted by Gasteiger charge is 2.25. The number of ether oxygens (including phenoxy) is 1. The van der Waals surface area contributed by atoms with Crippen LogP contribution in [0.3, 0.4) is 0 Å². The molecule has 6 heteroatoms. The molecular formula is C11H19N3O3. The highest BCUT2D eigenvalue weighted by atomic mass is 16.6. The SMILES string of the molecule is CCCC(OCC)n1nc(C)c([N+](=O)[O-])c1C. The van der Waals surface area contributed by atoms with Gasteiger partial charge in [0.25, 0.3) is 0 Å². The van der Waals surface area contributed by atoms with Gasteiger partial charge in [-0.25, -0.2) is 4.68 Å². The summed E-state index contributed by atoms with van der Waals surface area (Å²) in [5.74, 6) is 0. The fourth-order valence-electron chi connectivity index (χ4n) is 1.91. The first-order chi connectivity index (χ1) is 8.02. The van der Waals surface area contributed by atoms with E-state index in [1.54, 1.807) is 18.5 Å². The molecule has 0 saturated carbocycles. The highest BCUT2D eigenvalue weighted by molar-refractivity contribution is 5.39. The summed E-state index contributed by atoms with van der Waals surface area (Å²) in [6, 6.07) is 0. The van der Waals surface area contributed by atoms with Crippen LogP contribution in [-0.2, 0) is 4.74 Å². The van der Waals surface area contributed by atoms with Crippen LogP contribution in [0.5, 0.6) is 0 Å². The molecule has 0 aliphatic carbocycles. The van der Waals surface area contributed by atoms with E-state index in [1.165, 1.54) is 0 Å². The number of aromatic nitrogens is 2. The number of nitro groups is 1. The Kier molecular flexibility index (Phi) is 4.62. The summed E-state index contributed by atoms with van der Waals surface area (Å²) in [6.07, 6.45) is 1.53. The molecule has 17 heavy (non-hydrogen) atoms. The van der Waals surface area contributed by atoms with Crippen molar-refractivity contribution in [2.24, 2.45) is 0 Å². The van der Waals surface area contributed by atoms with Crippen molar-refractivity contribution in [1.29, 1.82) is 0 Å². The zero-order valence-electron chi connectivity index (χ0n) is 10.8. The number of aryl methyl sites for hydroxylation is 1. The quantitative estimate of drug-likeness (QED) is 0.567. The van der Waals surface area contributed by atoms with Crippen LogP contribution in [0.4, 0.5) is 5.69 Å². The maximum atomic E-state index is 10.9. The van der Waals surface area contributed by atoms with Gasteiger partial charge in [-0.15, -0.1) is 0 Å². The summed E-state index contributed by atoms with van der Waals surface area (Å²) in [6.45, 7) is 7.88. The second-order valence-corrected chi connectivity index (χ2v) is 3.92. The second kappa shape index (κ2) is 5.77. The van der Waals surface area contributed by atoms with Crippen LogP contribution >= 0.6 is 0 Å². The monoisotopic (exact) mass is 241 g/mol. The third-order valence-corrected chi connectivity index (χ3v) is 2.64. The first-order valence-electron chi connectivity index (χ1n) is 5.84. The van der Waals surface area contributed by atoms with Crippen LogP contribution in [0.1, 0.15) is 44.3 Å². The van der Waals surface area contributed by atoms with Crippen molar-refractivity contribution < 1.29 is 9.66 Å². The summed E-state index contributed by atoms with van der Waals surface area (Å²) in [4.78, 5) is 10.5. The molecular weight excluding hydrogens is 222 g/mol. The lowest BCUT2D eigenvalue weighted by Crippen LogP contribution is -2.16. The van der Waals surface area contributed by atoms with Crippen LogP contribution in [0.2, 0.25) is 0 Å². The molecule has 0 fully saturated rings. The molecule has 6 nitrogen and oxygen atoms in total. The summed E-state index contributed by atoms with van der Waals surface area (Å²) >= 11 is 0. The first-order valence-corrected chi connectivity index (χ1v) is 5.84. The Hall–Kier alpha value is -1.43. The summed E-state index contributed by atoms with van der Waals surface area (Å²) in [5, 5.41) is 15.1. The Labute approximate surface area is 101 Å². The zero-order chi connectivity index (χ0) is 13.0. The fraction of sp³-hybridized carbons (Fsp3) is 0.727. The van der Waals surface area contributed by atoms with Gasteiger partial charge in [-0.1, -0.05) is 13.3 Å². The molecule has 0 aliphatic rings. The molecule has 0 N–H and O–H groups in total. The number of rotatable bonds is 6. The molecule has 1 atom stereocenters. The largest absolute Gasteiger partial charge is 0.357 e. The van der Waals surface area contributed by atoms with Crippen molar-refractivity contribution in [3.63, 3.8) is 0 Å². The van der Waals surface area contributed by atoms with Gasteiger partial charge in [-0.05, 0) is 27.2 Å². The van der Waals surface area contributed by atoms with E-state index in [9.17, 15) is 10.1 Å². The normalized spacial score (nSPS) is 12.7. The lowest BCUT2D eigenvalue weighted by molar-refractivity contribution is -0.386. The van der Waals surface area contributed by atoms with E-state index < -0.39 is 0 Å². The molecule has 1 aromatic heterocycles. The third-order valence-electron chi connectivity index (χ3n) is 2.64. The van der Waals surface area contributed by atoms with E-state index in [0.717, 1.165) is 12.8 Å². The average Bonchev–Trinajstić information content (AvgIpc) is 2.54. The molecule has 96 valence electrons. The van der Waals surface area contributed by atoms with Crippen LogP contribution in [-0.4, -0.2) is 21.3 Å². The van der Waals surface area contributed by atoms with Crippen molar-refractivity contribution in [2.45, 2.75) is 46.8 Å². The standard InChI is InChI=1S/C11H19N3O3/c1-5-7-10(17-6-2)13-9(4)11(14(15)16)8(3)12-13/h10H,5-7H2,1-4H3. The van der Waals surface area contributed by atoms with Gasteiger partial charge >= 0.3 is 5.69 Å². The molecule has 1 aromatic rings. The number of hydrogen-bond acceptors (Lipinski definition) is 4. The maximum Gasteiger partial charge on any atom is 0.312 e. The number of hydrogen-bond donors (Lipinski definition) is 0. The van der Waals surface area contributed by atoms with Crippen molar-refractivity contribution in [3.8, 4) is 0 Å². The minimum Gasteiger partial charge on any atom is -0.357 e. The summed E-state index contributed by atoms with van der Waals surface area (Å²) in [5.41, 5.74) is 1.08. The third kappa shape index (κ3) is 2.82. The summed E-state index contributed by atoms with van der Waals surface area (Å²) in [7, 11) is 0. The topological polar surface area (TPSA) is 70.2 Å². The van der Waals surface area contributed by atoms with Crippen molar-refractivity contribution >= 4 is 5.69 Å². The Bertz CT molecular complexity index is 395. The number of nitrogens with zero attached hydrogens (tertiary/aromatic N) is 3. The van der Waals surface area contributed by atoms with E-state index in [0.29, 0.717) is 18.0 Å². The van der Waals surface area contributed by atoms with Gasteiger partial charge in [-0.3, -0.25) is 10.1 Å². The molecule has 1 unspecified atom stereocenters. The average molecular weight is 241 g/mol. The van der Waals surface area contributed by atoms with E-state index in [1.807, 2.05) is 13.8 Å². The van der Waals surface area contributed by atoms with Crippen LogP contribution in [0.15, 0.2) is 0 Å². The molecule has 0 aliphatic heterocycles. The molecule has 1 heterocycles. The maximum absolute atomic E-state index is 10.9. The van der Waals surface area contributed by atoms with Crippen LogP contribution < -0.4 is 0 Å². The van der Waals surface area contributed by atoms with Crippen molar-refractivity contribution in [3.05, 3.63) is 21.5 Å². The van der Waals surface area contributed by atoms with Gasteiger partial charge < -0.3 is 4.74 Å². The predicted molar refractivity (Wildman–Crippen MR) is 63.9 cm³/mol. The van der Waals surface area contributed by atoms with Gasteiger partial charge in [0.1, 0.15) is 11.4 Å². The minimum atomic E-state index is -0.386. The van der Waals surface area contributed by atoms with Crippen molar-refractivity contribution in [2.75, 3.05) is 6.61 Å². The summed E-state index contributed by atoms with van der Waals surface area (Å²) < 4.78 is 7.20. The Morgan fingerprint density at radius 1 is 1.47 bits per heavy atom. The molecule has 0 radical (unpaired) electrons. The lowest BCUT2D eigenvalue weighted by Gasteiger charge is -2.17. The van der Waals surface area contributed by atoms with E-state index in [2.05, 4.69) is 5.10 Å². The van der Waals surface area contributed by atoms with E-state index >= 15 is 0 Å². The molecule has 1 rings (SSSR count). The molecule has 0 bridgehead atoms. The molecule has 0 saturated heterocycles. The first kappa shape index (κ1) is 13.6. The lowest BCUT2D eigenvalue weighted by atomic mass is 10.3. The zero-order valence-corrected chi connectivity index (χ0v) is 10.8. The van der Waals surface area contributed by atoms with Crippen molar-refractivity contribution in [1.82, 2.24) is 9.78 Å². The molecule has 0 amide bonds. The van der Waals surface area contributed by atoms with Crippen LogP contribution in [0, 0.1) is 24.0 Å².